The molecule has 0 spiro atoms. The van der Waals surface area contributed by atoms with Crippen molar-refractivity contribution in [1.29, 1.82) is 0 Å². The fraction of sp³-hybridized carbons (Fsp3) is 0. The molecule has 0 aliphatic rings. The SMILES string of the molecule is O=C(OB(OS)c1ccccc1)c1ncc2[nH]cnc2n1. The zero-order valence-electron chi connectivity index (χ0n) is 10.6. The largest absolute Gasteiger partial charge is 0.576 e. The second-order valence-electron chi connectivity index (χ2n) is 4.09. The summed E-state index contributed by atoms with van der Waals surface area (Å²) in [6, 6.07) is 8.96. The van der Waals surface area contributed by atoms with Crippen molar-refractivity contribution in [1.82, 2.24) is 19.9 Å². The number of nitrogens with zero attached hydrogens (tertiary/aromatic N) is 3. The van der Waals surface area contributed by atoms with Gasteiger partial charge in [0.15, 0.2) is 5.65 Å². The smallest absolute Gasteiger partial charge is 0.499 e. The molecule has 0 aliphatic carbocycles. The molecular weight excluding hydrogens is 291 g/mol. The lowest BCUT2D eigenvalue weighted by atomic mass is 9.79. The second-order valence-corrected chi connectivity index (χ2v) is 4.30. The van der Waals surface area contributed by atoms with Gasteiger partial charge in [-0.3, -0.25) is 0 Å². The molecule has 3 rings (SSSR count). The normalized spacial score (nSPS) is 10.5. The zero-order chi connectivity index (χ0) is 14.7. The quantitative estimate of drug-likeness (QED) is 0.420. The molecule has 0 atom stereocenters. The Kier molecular flexibility index (Phi) is 3.84. The molecule has 104 valence electrons. The predicted molar refractivity (Wildman–Crippen MR) is 79.0 cm³/mol. The Balaban J connectivity index is 1.81. The molecule has 2 aromatic heterocycles. The molecule has 0 amide bonds. The van der Waals surface area contributed by atoms with Gasteiger partial charge in [-0.05, 0) is 18.4 Å². The van der Waals surface area contributed by atoms with E-state index in [1.54, 1.807) is 24.3 Å². The number of nitrogens with one attached hydrogen (secondary N) is 1. The molecule has 21 heavy (non-hydrogen) atoms. The first kappa shape index (κ1) is 13.6. The highest BCUT2D eigenvalue weighted by atomic mass is 32.1. The lowest BCUT2D eigenvalue weighted by Crippen LogP contribution is -2.37. The average molecular weight is 300 g/mol. The summed E-state index contributed by atoms with van der Waals surface area (Å²) in [6.07, 6.45) is 2.93. The number of hydrogen-bond donors (Lipinski definition) is 2. The summed E-state index contributed by atoms with van der Waals surface area (Å²) in [7, 11) is -0.944. The highest BCUT2D eigenvalue weighted by Gasteiger charge is 2.27. The number of thiol groups is 1. The average Bonchev–Trinajstić information content (AvgIpc) is 3.00. The van der Waals surface area contributed by atoms with Gasteiger partial charge in [0, 0.05) is 0 Å². The number of rotatable bonds is 4. The van der Waals surface area contributed by atoms with Gasteiger partial charge in [0.2, 0.25) is 5.82 Å². The highest BCUT2D eigenvalue weighted by molar-refractivity contribution is 7.76. The minimum absolute atomic E-state index is 0.0964. The summed E-state index contributed by atoms with van der Waals surface area (Å²) in [6.45, 7) is 0. The molecule has 2 heterocycles. The second kappa shape index (κ2) is 5.94. The van der Waals surface area contributed by atoms with Crippen LogP contribution >= 0.6 is 12.9 Å². The topological polar surface area (TPSA) is 90.0 Å². The Bertz CT molecular complexity index is 767. The standard InChI is InChI=1S/C12H9BN4O3S/c18-12(11-14-6-9-10(17-11)16-7-15-9)19-13(20-21)8-4-2-1-3-5-8/h1-7,21H,(H,14,15,16,17). The van der Waals surface area contributed by atoms with Gasteiger partial charge in [0.1, 0.15) is 5.52 Å². The van der Waals surface area contributed by atoms with Crippen LogP contribution in [0.4, 0.5) is 0 Å². The van der Waals surface area contributed by atoms with Crippen LogP contribution in [0.15, 0.2) is 42.9 Å². The lowest BCUT2D eigenvalue weighted by Gasteiger charge is -2.10. The van der Waals surface area contributed by atoms with Gasteiger partial charge in [0.25, 0.3) is 0 Å². The van der Waals surface area contributed by atoms with E-state index in [2.05, 4.69) is 32.8 Å². The van der Waals surface area contributed by atoms with Gasteiger partial charge < -0.3 is 13.7 Å². The van der Waals surface area contributed by atoms with E-state index in [1.165, 1.54) is 12.5 Å². The number of imidazole rings is 1. The van der Waals surface area contributed by atoms with Crippen LogP contribution in [0, 0.1) is 0 Å². The van der Waals surface area contributed by atoms with Crippen molar-refractivity contribution in [3.05, 3.63) is 48.7 Å². The Hall–Kier alpha value is -2.39. The molecular formula is C12H9BN4O3S. The Morgan fingerprint density at radius 2 is 2.05 bits per heavy atom. The summed E-state index contributed by atoms with van der Waals surface area (Å²) in [4.78, 5) is 26.8. The van der Waals surface area contributed by atoms with E-state index in [1.807, 2.05) is 6.07 Å². The Morgan fingerprint density at radius 1 is 1.24 bits per heavy atom. The summed E-state index contributed by atoms with van der Waals surface area (Å²) in [5.41, 5.74) is 1.68. The van der Waals surface area contributed by atoms with Crippen molar-refractivity contribution in [3.63, 3.8) is 0 Å². The molecule has 0 aliphatic heterocycles. The number of aromatic nitrogens is 4. The van der Waals surface area contributed by atoms with Crippen LogP contribution in [0.25, 0.3) is 11.2 Å². The third kappa shape index (κ3) is 2.88. The molecule has 0 bridgehead atoms. The molecule has 1 aromatic carbocycles. The number of carbonyl (C=O) groups excluding carboxylic acids is 1. The van der Waals surface area contributed by atoms with Crippen LogP contribution in [0.5, 0.6) is 0 Å². The van der Waals surface area contributed by atoms with Crippen LogP contribution < -0.4 is 5.46 Å². The minimum atomic E-state index is -0.944. The highest BCUT2D eigenvalue weighted by Crippen LogP contribution is 2.06. The number of aromatic amines is 1. The lowest BCUT2D eigenvalue weighted by molar-refractivity contribution is 0.0703. The van der Waals surface area contributed by atoms with Crippen LogP contribution in [0.3, 0.4) is 0 Å². The van der Waals surface area contributed by atoms with E-state index in [0.717, 1.165) is 0 Å². The summed E-state index contributed by atoms with van der Waals surface area (Å²) in [5, 5.41) is 0. The number of hydrogen-bond acceptors (Lipinski definition) is 7. The van der Waals surface area contributed by atoms with Crippen molar-refractivity contribution < 1.29 is 13.5 Å². The Morgan fingerprint density at radius 3 is 2.81 bits per heavy atom. The maximum Gasteiger partial charge on any atom is 0.576 e. The molecule has 1 N–H and O–H groups in total. The van der Waals surface area contributed by atoms with E-state index < -0.39 is 13.1 Å². The van der Waals surface area contributed by atoms with Gasteiger partial charge in [-0.15, -0.1) is 0 Å². The van der Waals surface area contributed by atoms with Gasteiger partial charge in [0.05, 0.1) is 12.5 Å². The van der Waals surface area contributed by atoms with Crippen molar-refractivity contribution in [2.24, 2.45) is 0 Å². The van der Waals surface area contributed by atoms with E-state index >= 15 is 0 Å². The molecule has 0 saturated heterocycles. The summed E-state index contributed by atoms with van der Waals surface area (Å²) in [5.74, 6) is -0.816. The third-order valence-corrected chi connectivity index (χ3v) is 2.93. The first-order valence-corrected chi connectivity index (χ1v) is 6.36. The number of carbonyl (C=O) groups is 1. The Labute approximate surface area is 125 Å². The van der Waals surface area contributed by atoms with E-state index in [-0.39, 0.29) is 5.82 Å². The maximum atomic E-state index is 12.1. The molecule has 3 aromatic rings. The van der Waals surface area contributed by atoms with E-state index in [9.17, 15) is 4.79 Å². The van der Waals surface area contributed by atoms with Gasteiger partial charge in [-0.2, -0.15) is 0 Å². The number of benzene rings is 1. The van der Waals surface area contributed by atoms with E-state index in [4.69, 9.17) is 8.75 Å². The molecule has 0 saturated carbocycles. The molecule has 0 radical (unpaired) electrons. The molecule has 9 heteroatoms. The fourth-order valence-corrected chi connectivity index (χ4v) is 1.91. The van der Waals surface area contributed by atoms with Gasteiger partial charge in [-0.25, -0.2) is 19.7 Å². The van der Waals surface area contributed by atoms with Crippen molar-refractivity contribution >= 4 is 42.6 Å². The van der Waals surface area contributed by atoms with E-state index in [0.29, 0.717) is 16.6 Å². The monoisotopic (exact) mass is 300 g/mol. The van der Waals surface area contributed by atoms with Crippen LogP contribution in [-0.2, 0) is 8.75 Å². The van der Waals surface area contributed by atoms with Crippen LogP contribution in [0.1, 0.15) is 10.6 Å². The zero-order valence-corrected chi connectivity index (χ0v) is 11.5. The maximum absolute atomic E-state index is 12.1. The van der Waals surface area contributed by atoms with Crippen molar-refractivity contribution in [3.8, 4) is 0 Å². The predicted octanol–water partition coefficient (Wildman–Crippen LogP) is 0.766. The fourth-order valence-electron chi connectivity index (χ4n) is 1.74. The summed E-state index contributed by atoms with van der Waals surface area (Å²) >= 11 is 3.73. The summed E-state index contributed by atoms with van der Waals surface area (Å²) < 4.78 is 10.1. The first-order chi connectivity index (χ1) is 10.3. The van der Waals surface area contributed by atoms with Gasteiger partial charge in [-0.1, -0.05) is 30.3 Å². The van der Waals surface area contributed by atoms with Gasteiger partial charge >= 0.3 is 13.1 Å². The number of H-pyrrole nitrogens is 1. The minimum Gasteiger partial charge on any atom is -0.499 e. The van der Waals surface area contributed by atoms with Crippen LogP contribution in [-0.4, -0.2) is 33.0 Å². The molecule has 0 unspecified atom stereocenters. The van der Waals surface area contributed by atoms with Crippen molar-refractivity contribution in [2.75, 3.05) is 0 Å². The first-order valence-electron chi connectivity index (χ1n) is 6.00. The third-order valence-electron chi connectivity index (χ3n) is 2.74. The number of fused-ring (bicyclic) bond motifs is 1. The molecule has 0 fully saturated rings. The van der Waals surface area contributed by atoms with Crippen molar-refractivity contribution in [2.45, 2.75) is 0 Å². The molecule has 7 nitrogen and oxygen atoms in total. The van der Waals surface area contributed by atoms with Crippen LogP contribution in [0.2, 0.25) is 0 Å².